The molecule has 0 spiro atoms. The number of amides is 1. The average Bonchev–Trinajstić information content (AvgIpc) is 3.41. The van der Waals surface area contributed by atoms with Gasteiger partial charge in [-0.25, -0.2) is 14.1 Å². The Morgan fingerprint density at radius 2 is 2.29 bits per heavy atom. The molecule has 1 saturated heterocycles. The van der Waals surface area contributed by atoms with Gasteiger partial charge in [-0.3, -0.25) is 9.48 Å². The molecule has 1 aliphatic heterocycles. The molecule has 1 aliphatic rings. The molecule has 4 heterocycles. The van der Waals surface area contributed by atoms with E-state index in [1.807, 2.05) is 0 Å². The Kier molecular flexibility index (Phi) is 5.20. The van der Waals surface area contributed by atoms with Crippen molar-refractivity contribution in [3.05, 3.63) is 41.4 Å². The molecular weight excluding hydrogens is 385 g/mol. The molecule has 3 aromatic rings. The first kappa shape index (κ1) is 18.7. The monoisotopic (exact) mass is 405 g/mol. The van der Waals surface area contributed by atoms with E-state index in [1.54, 1.807) is 46.4 Å². The summed E-state index contributed by atoms with van der Waals surface area (Å²) in [6.07, 6.45) is 4.38. The highest BCUT2D eigenvalue weighted by Gasteiger charge is 2.30. The number of carbonyl (C=O) groups excluding carboxylic acids is 1. The van der Waals surface area contributed by atoms with Crippen LogP contribution in [-0.2, 0) is 11.8 Å². The lowest BCUT2D eigenvalue weighted by Gasteiger charge is -2.17. The molecule has 0 aliphatic carbocycles. The van der Waals surface area contributed by atoms with Crippen LogP contribution in [-0.4, -0.2) is 49.3 Å². The zero-order valence-electron chi connectivity index (χ0n) is 15.2. The molecular formula is C17H20FN7O2S. The van der Waals surface area contributed by atoms with Gasteiger partial charge in [-0.1, -0.05) is 0 Å². The van der Waals surface area contributed by atoms with Gasteiger partial charge < -0.3 is 15.8 Å². The van der Waals surface area contributed by atoms with Gasteiger partial charge in [0.1, 0.15) is 18.0 Å². The zero-order valence-corrected chi connectivity index (χ0v) is 16.0. The van der Waals surface area contributed by atoms with Crippen molar-refractivity contribution < 1.29 is 13.9 Å². The number of ether oxygens (including phenoxy) is 1. The van der Waals surface area contributed by atoms with Crippen LogP contribution in [0.5, 0.6) is 0 Å². The van der Waals surface area contributed by atoms with E-state index in [4.69, 9.17) is 10.5 Å². The summed E-state index contributed by atoms with van der Waals surface area (Å²) in [4.78, 5) is 17.0. The maximum atomic E-state index is 13.8. The number of aryl methyl sites for hydroxylation is 1. The molecule has 148 valence electrons. The molecule has 28 heavy (non-hydrogen) atoms. The quantitative estimate of drug-likeness (QED) is 0.685. The van der Waals surface area contributed by atoms with E-state index in [-0.39, 0.29) is 18.2 Å². The van der Waals surface area contributed by atoms with Crippen molar-refractivity contribution >= 4 is 22.9 Å². The molecule has 4 rings (SSSR count). The largest absolute Gasteiger partial charge is 0.369 e. The van der Waals surface area contributed by atoms with Crippen LogP contribution in [0.3, 0.4) is 0 Å². The highest BCUT2D eigenvalue weighted by atomic mass is 32.1. The third-order valence-electron chi connectivity index (χ3n) is 4.65. The smallest absolute Gasteiger partial charge is 0.275 e. The predicted molar refractivity (Wildman–Crippen MR) is 101 cm³/mol. The molecule has 0 radical (unpaired) electrons. The van der Waals surface area contributed by atoms with E-state index in [9.17, 15) is 9.18 Å². The number of rotatable bonds is 4. The third-order valence-corrected chi connectivity index (χ3v) is 5.48. The van der Waals surface area contributed by atoms with Gasteiger partial charge in [0.2, 0.25) is 5.13 Å². The van der Waals surface area contributed by atoms with Crippen molar-refractivity contribution in [1.82, 2.24) is 24.5 Å². The van der Waals surface area contributed by atoms with E-state index in [2.05, 4.69) is 20.5 Å². The Labute approximate surface area is 164 Å². The third kappa shape index (κ3) is 3.68. The average molecular weight is 405 g/mol. The number of nitrogens with two attached hydrogens (primary N) is 1. The summed E-state index contributed by atoms with van der Waals surface area (Å²) >= 11 is 1.31. The molecule has 1 amide bonds. The first-order valence-electron chi connectivity index (χ1n) is 8.83. The van der Waals surface area contributed by atoms with Crippen molar-refractivity contribution in [3.8, 4) is 5.13 Å². The van der Waals surface area contributed by atoms with E-state index in [0.29, 0.717) is 29.4 Å². The number of carbonyl (C=O) groups is 1. The maximum Gasteiger partial charge on any atom is 0.275 e. The lowest BCUT2D eigenvalue weighted by Crippen LogP contribution is -2.32. The number of hydrogen-bond acceptors (Lipinski definition) is 7. The van der Waals surface area contributed by atoms with Crippen LogP contribution in [0, 0.1) is 0 Å². The summed E-state index contributed by atoms with van der Waals surface area (Å²) in [6, 6.07) is 1.23. The van der Waals surface area contributed by atoms with Crippen LogP contribution in [0.15, 0.2) is 30.0 Å². The van der Waals surface area contributed by atoms with Crippen LogP contribution >= 0.6 is 11.3 Å². The second-order valence-corrected chi connectivity index (χ2v) is 7.40. The number of nitrogens with one attached hydrogen (secondary N) is 1. The lowest BCUT2D eigenvalue weighted by molar-refractivity contribution is 0.0247. The van der Waals surface area contributed by atoms with E-state index in [0.717, 1.165) is 0 Å². The standard InChI is InChI=1S/C17H20FN7O2S/c1-24-15(14-4-3-11(19)10(18)8-27-14)12(7-21-24)22-16(26)13-9-28-17(23-13)25-6-2-5-20-25/h2,5-7,9-11,14H,3-4,8,19H2,1H3,(H,22,26)/t10-,11-,14+/m1/s1. The Hall–Kier alpha value is -2.63. The minimum atomic E-state index is -1.20. The number of anilines is 1. The van der Waals surface area contributed by atoms with E-state index < -0.39 is 18.3 Å². The number of aromatic nitrogens is 5. The van der Waals surface area contributed by atoms with Crippen molar-refractivity contribution in [3.63, 3.8) is 0 Å². The summed E-state index contributed by atoms with van der Waals surface area (Å²) in [7, 11) is 1.75. The normalized spacial score (nSPS) is 22.8. The molecule has 11 heteroatoms. The van der Waals surface area contributed by atoms with Gasteiger partial charge >= 0.3 is 0 Å². The molecule has 3 atom stereocenters. The molecule has 0 bridgehead atoms. The van der Waals surface area contributed by atoms with Crippen molar-refractivity contribution in [1.29, 1.82) is 0 Å². The lowest BCUT2D eigenvalue weighted by atomic mass is 10.0. The first-order chi connectivity index (χ1) is 13.5. The second kappa shape index (κ2) is 7.78. The summed E-state index contributed by atoms with van der Waals surface area (Å²) < 4.78 is 22.8. The van der Waals surface area contributed by atoms with Crippen LogP contribution in [0.2, 0.25) is 0 Å². The molecule has 9 nitrogen and oxygen atoms in total. The first-order valence-corrected chi connectivity index (χ1v) is 9.71. The van der Waals surface area contributed by atoms with Gasteiger partial charge in [-0.15, -0.1) is 11.3 Å². The fourth-order valence-corrected chi connectivity index (χ4v) is 3.87. The van der Waals surface area contributed by atoms with Gasteiger partial charge in [0.25, 0.3) is 5.91 Å². The van der Waals surface area contributed by atoms with Gasteiger partial charge in [0, 0.05) is 30.9 Å². The van der Waals surface area contributed by atoms with Crippen LogP contribution < -0.4 is 11.1 Å². The highest BCUT2D eigenvalue weighted by Crippen LogP contribution is 2.32. The molecule has 3 N–H and O–H groups in total. The summed E-state index contributed by atoms with van der Waals surface area (Å²) in [5.74, 6) is -0.363. The number of nitrogens with zero attached hydrogens (tertiary/aromatic N) is 5. The van der Waals surface area contributed by atoms with Gasteiger partial charge in [0.15, 0.2) is 0 Å². The SMILES string of the molecule is Cn1ncc(NC(=O)c2csc(-n3cccn3)n2)c1[C@@H]1CC[C@@H](N)[C@H](F)CO1. The predicted octanol–water partition coefficient (Wildman–Crippen LogP) is 1.83. The van der Waals surface area contributed by atoms with Crippen molar-refractivity contribution in [2.45, 2.75) is 31.2 Å². The van der Waals surface area contributed by atoms with Gasteiger partial charge in [-0.2, -0.15) is 10.2 Å². The second-order valence-electron chi connectivity index (χ2n) is 6.57. The molecule has 1 fully saturated rings. The summed E-state index contributed by atoms with van der Waals surface area (Å²) in [6.45, 7) is -0.0796. The number of alkyl halides is 1. The Bertz CT molecular complexity index is 943. The molecule has 3 aromatic heterocycles. The number of hydrogen-bond donors (Lipinski definition) is 2. The zero-order chi connectivity index (χ0) is 19.7. The van der Waals surface area contributed by atoms with Crippen LogP contribution in [0.25, 0.3) is 5.13 Å². The van der Waals surface area contributed by atoms with E-state index in [1.165, 1.54) is 11.3 Å². The molecule has 0 unspecified atom stereocenters. The summed E-state index contributed by atoms with van der Waals surface area (Å²) in [5, 5.41) is 13.4. The van der Waals surface area contributed by atoms with Gasteiger partial charge in [-0.05, 0) is 18.9 Å². The number of halogens is 1. The Morgan fingerprint density at radius 1 is 1.43 bits per heavy atom. The van der Waals surface area contributed by atoms with Gasteiger partial charge in [0.05, 0.1) is 24.2 Å². The Morgan fingerprint density at radius 3 is 3.07 bits per heavy atom. The Balaban J connectivity index is 1.52. The topological polar surface area (TPSA) is 113 Å². The van der Waals surface area contributed by atoms with Crippen molar-refractivity contribution in [2.24, 2.45) is 12.8 Å². The maximum absolute atomic E-state index is 13.8. The van der Waals surface area contributed by atoms with Crippen LogP contribution in [0.4, 0.5) is 10.1 Å². The fourth-order valence-electron chi connectivity index (χ4n) is 3.12. The minimum absolute atomic E-state index is 0.0796. The summed E-state index contributed by atoms with van der Waals surface area (Å²) in [5.41, 5.74) is 7.27. The van der Waals surface area contributed by atoms with Crippen molar-refractivity contribution in [2.75, 3.05) is 11.9 Å². The van der Waals surface area contributed by atoms with E-state index >= 15 is 0 Å². The highest BCUT2D eigenvalue weighted by molar-refractivity contribution is 7.12. The number of thiazole rings is 1. The molecule has 0 aromatic carbocycles. The van der Waals surface area contributed by atoms with Crippen LogP contribution in [0.1, 0.15) is 35.1 Å². The molecule has 0 saturated carbocycles. The minimum Gasteiger partial charge on any atom is -0.369 e. The fraction of sp³-hybridized carbons (Fsp3) is 0.412.